The quantitative estimate of drug-likeness (QED) is 0.477. The van der Waals surface area contributed by atoms with E-state index < -0.39 is 5.63 Å². The smallest absolute Gasteiger partial charge is 0.343 e. The van der Waals surface area contributed by atoms with Crippen molar-refractivity contribution in [1.29, 1.82) is 10.5 Å². The summed E-state index contributed by atoms with van der Waals surface area (Å²) in [6, 6.07) is 11.0. The topological polar surface area (TPSA) is 81.0 Å². The second-order valence-corrected chi connectivity index (χ2v) is 5.05. The molecule has 0 aliphatic heterocycles. The number of nitriles is 2. The van der Waals surface area contributed by atoms with Crippen LogP contribution >= 0.6 is 0 Å². The fourth-order valence-electron chi connectivity index (χ4n) is 2.37. The van der Waals surface area contributed by atoms with Crippen LogP contribution in [0.1, 0.15) is 19.4 Å². The van der Waals surface area contributed by atoms with Crippen molar-refractivity contribution >= 4 is 22.7 Å². The summed E-state index contributed by atoms with van der Waals surface area (Å²) in [5.41, 5.74) is 1.42. The lowest BCUT2D eigenvalue weighted by atomic mass is 10.1. The third-order valence-electron chi connectivity index (χ3n) is 3.65. The number of anilines is 1. The van der Waals surface area contributed by atoms with E-state index in [0.717, 1.165) is 24.2 Å². The number of benzene rings is 1. The van der Waals surface area contributed by atoms with Gasteiger partial charge in [-0.3, -0.25) is 0 Å². The van der Waals surface area contributed by atoms with Crippen LogP contribution in [-0.2, 0) is 0 Å². The van der Waals surface area contributed by atoms with Crippen molar-refractivity contribution in [2.24, 2.45) is 0 Å². The van der Waals surface area contributed by atoms with Crippen LogP contribution in [0.4, 0.5) is 5.69 Å². The Morgan fingerprint density at radius 1 is 1.21 bits per heavy atom. The first-order valence-electron chi connectivity index (χ1n) is 7.64. The predicted molar refractivity (Wildman–Crippen MR) is 94.4 cm³/mol. The second-order valence-electron chi connectivity index (χ2n) is 5.05. The van der Waals surface area contributed by atoms with Crippen molar-refractivity contribution in [3.05, 3.63) is 58.0 Å². The molecule has 0 saturated heterocycles. The van der Waals surface area contributed by atoms with Crippen LogP contribution < -0.4 is 10.5 Å². The lowest BCUT2D eigenvalue weighted by Crippen LogP contribution is -2.21. The predicted octanol–water partition coefficient (Wildman–Crippen LogP) is 3.63. The fraction of sp³-hybridized carbons (Fsp3) is 0.211. The standard InChI is InChI=1S/C19H17N3O2/c1-3-22(4-2)17-9-8-15-10-16(19(23)24-18(15)11-17)7-5-6-14(12-20)13-21/h5-11H,3-4H2,1-2H3/b7-5+. The van der Waals surface area contributed by atoms with Gasteiger partial charge in [-0.15, -0.1) is 0 Å². The molecule has 0 amide bonds. The van der Waals surface area contributed by atoms with Crippen LogP contribution in [0.5, 0.6) is 0 Å². The molecule has 0 saturated carbocycles. The van der Waals surface area contributed by atoms with Gasteiger partial charge in [0.05, 0.1) is 5.56 Å². The summed E-state index contributed by atoms with van der Waals surface area (Å²) in [5, 5.41) is 18.2. The number of hydrogen-bond donors (Lipinski definition) is 0. The Morgan fingerprint density at radius 3 is 2.54 bits per heavy atom. The number of hydrogen-bond acceptors (Lipinski definition) is 5. The maximum absolute atomic E-state index is 12.1. The van der Waals surface area contributed by atoms with Crippen molar-refractivity contribution in [3.63, 3.8) is 0 Å². The molecule has 2 aromatic rings. The molecule has 0 bridgehead atoms. The molecule has 0 unspecified atom stereocenters. The highest BCUT2D eigenvalue weighted by Gasteiger charge is 2.07. The monoisotopic (exact) mass is 319 g/mol. The van der Waals surface area contributed by atoms with Gasteiger partial charge in [0.1, 0.15) is 23.3 Å². The lowest BCUT2D eigenvalue weighted by molar-refractivity contribution is 0.559. The molecular weight excluding hydrogens is 302 g/mol. The molecule has 1 aromatic heterocycles. The van der Waals surface area contributed by atoms with Crippen LogP contribution in [0.15, 0.2) is 51.2 Å². The minimum atomic E-state index is -0.459. The first kappa shape index (κ1) is 17.1. The molecule has 0 radical (unpaired) electrons. The second kappa shape index (κ2) is 7.80. The number of allylic oxidation sites excluding steroid dienone is 3. The molecule has 0 aliphatic carbocycles. The minimum absolute atomic E-state index is 0.0275. The van der Waals surface area contributed by atoms with Gasteiger partial charge in [-0.25, -0.2) is 4.79 Å². The van der Waals surface area contributed by atoms with E-state index in [1.807, 2.05) is 18.2 Å². The maximum atomic E-state index is 12.1. The summed E-state index contributed by atoms with van der Waals surface area (Å²) in [6.45, 7) is 5.89. The highest BCUT2D eigenvalue weighted by atomic mass is 16.4. The van der Waals surface area contributed by atoms with E-state index in [0.29, 0.717) is 11.1 Å². The summed E-state index contributed by atoms with van der Waals surface area (Å²) < 4.78 is 5.40. The molecule has 1 aromatic carbocycles. The largest absolute Gasteiger partial charge is 0.422 e. The Labute approximate surface area is 140 Å². The van der Waals surface area contributed by atoms with Gasteiger partial charge in [0.25, 0.3) is 0 Å². The molecule has 24 heavy (non-hydrogen) atoms. The highest BCUT2D eigenvalue weighted by Crippen LogP contribution is 2.22. The third-order valence-corrected chi connectivity index (χ3v) is 3.65. The Kier molecular flexibility index (Phi) is 5.54. The molecule has 0 aliphatic rings. The summed E-state index contributed by atoms with van der Waals surface area (Å²) in [7, 11) is 0. The normalized spacial score (nSPS) is 10.3. The summed E-state index contributed by atoms with van der Waals surface area (Å²) in [6.07, 6.45) is 4.37. The van der Waals surface area contributed by atoms with Gasteiger partial charge < -0.3 is 9.32 Å². The van der Waals surface area contributed by atoms with Crippen LogP contribution in [-0.4, -0.2) is 13.1 Å². The van der Waals surface area contributed by atoms with Gasteiger partial charge in [0, 0.05) is 30.2 Å². The minimum Gasteiger partial charge on any atom is -0.422 e. The summed E-state index contributed by atoms with van der Waals surface area (Å²) in [5.74, 6) is 0. The first-order valence-corrected chi connectivity index (χ1v) is 7.64. The molecule has 0 fully saturated rings. The first-order chi connectivity index (χ1) is 11.6. The molecule has 0 spiro atoms. The van der Waals surface area contributed by atoms with Crippen LogP contribution in [0, 0.1) is 22.7 Å². The average molecular weight is 319 g/mol. The number of fused-ring (bicyclic) bond motifs is 1. The van der Waals surface area contributed by atoms with Gasteiger partial charge in [-0.05, 0) is 44.2 Å². The fourth-order valence-corrected chi connectivity index (χ4v) is 2.37. The SMILES string of the molecule is CCN(CC)c1ccc2cc(/C=C/C=C(C#N)C#N)c(=O)oc2c1. The molecule has 5 nitrogen and oxygen atoms in total. The average Bonchev–Trinajstić information content (AvgIpc) is 2.60. The van der Waals surface area contributed by atoms with E-state index in [-0.39, 0.29) is 5.57 Å². The van der Waals surface area contributed by atoms with Gasteiger partial charge in [0.15, 0.2) is 0 Å². The molecule has 0 N–H and O–H groups in total. The number of nitrogens with zero attached hydrogens (tertiary/aromatic N) is 3. The van der Waals surface area contributed by atoms with E-state index in [2.05, 4.69) is 18.7 Å². The van der Waals surface area contributed by atoms with E-state index in [1.54, 1.807) is 18.2 Å². The molecular formula is C19H17N3O2. The van der Waals surface area contributed by atoms with Crippen molar-refractivity contribution in [2.45, 2.75) is 13.8 Å². The van der Waals surface area contributed by atoms with Gasteiger partial charge in [-0.1, -0.05) is 6.08 Å². The van der Waals surface area contributed by atoms with Crippen LogP contribution in [0.2, 0.25) is 0 Å². The van der Waals surface area contributed by atoms with Crippen molar-refractivity contribution in [3.8, 4) is 12.1 Å². The lowest BCUT2D eigenvalue weighted by Gasteiger charge is -2.20. The Balaban J connectivity index is 2.41. The van der Waals surface area contributed by atoms with E-state index >= 15 is 0 Å². The molecule has 1 heterocycles. The highest BCUT2D eigenvalue weighted by molar-refractivity contribution is 5.82. The van der Waals surface area contributed by atoms with E-state index in [4.69, 9.17) is 14.9 Å². The van der Waals surface area contributed by atoms with Gasteiger partial charge in [0.2, 0.25) is 0 Å². The Bertz CT molecular complexity index is 920. The zero-order chi connectivity index (χ0) is 17.5. The summed E-state index contributed by atoms with van der Waals surface area (Å²) in [4.78, 5) is 14.3. The summed E-state index contributed by atoms with van der Waals surface area (Å²) >= 11 is 0. The molecule has 0 atom stereocenters. The zero-order valence-corrected chi connectivity index (χ0v) is 13.6. The molecule has 5 heteroatoms. The van der Waals surface area contributed by atoms with Crippen LogP contribution in [0.25, 0.3) is 17.0 Å². The van der Waals surface area contributed by atoms with Crippen molar-refractivity contribution in [2.75, 3.05) is 18.0 Å². The maximum Gasteiger partial charge on any atom is 0.343 e. The van der Waals surface area contributed by atoms with Gasteiger partial charge in [-0.2, -0.15) is 10.5 Å². The molecule has 2 rings (SSSR count). The molecule has 120 valence electrons. The Hall–Kier alpha value is -3.31. The van der Waals surface area contributed by atoms with E-state index in [9.17, 15) is 4.79 Å². The Morgan fingerprint density at radius 2 is 1.92 bits per heavy atom. The third kappa shape index (κ3) is 3.71. The van der Waals surface area contributed by atoms with Crippen molar-refractivity contribution < 1.29 is 4.42 Å². The van der Waals surface area contributed by atoms with Crippen LogP contribution in [0.3, 0.4) is 0 Å². The number of rotatable bonds is 5. The van der Waals surface area contributed by atoms with Gasteiger partial charge >= 0.3 is 5.63 Å². The zero-order valence-electron chi connectivity index (χ0n) is 13.6. The van der Waals surface area contributed by atoms with E-state index in [1.165, 1.54) is 18.2 Å². The van der Waals surface area contributed by atoms with Crippen molar-refractivity contribution in [1.82, 2.24) is 0 Å².